The Hall–Kier alpha value is -2.44. The number of thiocarbonyl (C=S) groups is 1. The zero-order chi connectivity index (χ0) is 14.8. The van der Waals surface area contributed by atoms with E-state index in [0.717, 1.165) is 33.1 Å². The second-order valence-electron chi connectivity index (χ2n) is 4.86. The molecule has 3 rings (SSSR count). The Labute approximate surface area is 130 Å². The van der Waals surface area contributed by atoms with Crippen LogP contribution < -0.4 is 4.90 Å². The summed E-state index contributed by atoms with van der Waals surface area (Å²) in [4.78, 5) is 7.51. The maximum absolute atomic E-state index is 5.54. The number of anilines is 1. The van der Waals surface area contributed by atoms with Crippen LogP contribution in [0.5, 0.6) is 0 Å². The molecule has 0 saturated carbocycles. The molecule has 21 heavy (non-hydrogen) atoms. The van der Waals surface area contributed by atoms with Gasteiger partial charge in [0.25, 0.3) is 0 Å². The van der Waals surface area contributed by atoms with Gasteiger partial charge in [-0.15, -0.1) is 6.42 Å². The summed E-state index contributed by atoms with van der Waals surface area (Å²) in [5.74, 6) is 2.69. The quantitative estimate of drug-likeness (QED) is 0.591. The minimum Gasteiger partial charge on any atom is -0.337 e. The van der Waals surface area contributed by atoms with Gasteiger partial charge in [0.2, 0.25) is 0 Å². The first kappa shape index (κ1) is 13.5. The zero-order valence-corrected chi connectivity index (χ0v) is 12.5. The molecule has 1 aliphatic rings. The maximum Gasteiger partial charge on any atom is 0.104 e. The predicted molar refractivity (Wildman–Crippen MR) is 92.3 cm³/mol. The maximum atomic E-state index is 5.54. The summed E-state index contributed by atoms with van der Waals surface area (Å²) in [6.07, 6.45) is 5.54. The molecule has 0 bridgehead atoms. The Kier molecular flexibility index (Phi) is 3.55. The van der Waals surface area contributed by atoms with Crippen molar-refractivity contribution >= 4 is 28.6 Å². The van der Waals surface area contributed by atoms with Gasteiger partial charge in [0.1, 0.15) is 4.99 Å². The zero-order valence-electron chi connectivity index (χ0n) is 11.7. The Morgan fingerprint density at radius 3 is 2.67 bits per heavy atom. The van der Waals surface area contributed by atoms with Gasteiger partial charge >= 0.3 is 0 Å². The highest BCUT2D eigenvalue weighted by Gasteiger charge is 2.20. The van der Waals surface area contributed by atoms with Crippen LogP contribution in [-0.4, -0.2) is 24.3 Å². The number of rotatable bonds is 1. The highest BCUT2D eigenvalue weighted by atomic mass is 32.1. The van der Waals surface area contributed by atoms with Gasteiger partial charge in [0.05, 0.1) is 17.9 Å². The third-order valence-electron chi connectivity index (χ3n) is 3.57. The van der Waals surface area contributed by atoms with Gasteiger partial charge in [-0.25, -0.2) is 0 Å². The summed E-state index contributed by atoms with van der Waals surface area (Å²) in [6.45, 7) is 0.510. The molecule has 0 fully saturated rings. The second-order valence-corrected chi connectivity index (χ2v) is 5.33. The Morgan fingerprint density at radius 1 is 1.19 bits per heavy atom. The van der Waals surface area contributed by atoms with Gasteiger partial charge in [-0.05, 0) is 18.2 Å². The number of likely N-dealkylation sites (N-methyl/N-ethyl adjacent to an activating group) is 1. The molecule has 0 spiro atoms. The van der Waals surface area contributed by atoms with Crippen molar-refractivity contribution in [3.05, 3.63) is 65.2 Å². The molecular weight excluding hydrogens is 276 g/mol. The van der Waals surface area contributed by atoms with Crippen LogP contribution in [0.15, 0.2) is 53.5 Å². The van der Waals surface area contributed by atoms with Crippen molar-refractivity contribution in [1.82, 2.24) is 0 Å². The molecule has 0 radical (unpaired) electrons. The first-order chi connectivity index (χ1) is 10.2. The summed E-state index contributed by atoms with van der Waals surface area (Å²) < 4.78 is 0. The van der Waals surface area contributed by atoms with Gasteiger partial charge in [-0.1, -0.05) is 48.5 Å². The van der Waals surface area contributed by atoms with Crippen LogP contribution in [0.1, 0.15) is 16.7 Å². The van der Waals surface area contributed by atoms with E-state index in [4.69, 9.17) is 23.6 Å². The lowest BCUT2D eigenvalue weighted by Crippen LogP contribution is -2.26. The molecule has 0 aromatic heterocycles. The minimum absolute atomic E-state index is 0.510. The number of hydrogen-bond acceptors (Lipinski definition) is 2. The lowest BCUT2D eigenvalue weighted by atomic mass is 9.98. The normalized spacial score (nSPS) is 14.0. The fourth-order valence-corrected chi connectivity index (χ4v) is 2.59. The van der Waals surface area contributed by atoms with Crippen molar-refractivity contribution in [3.8, 4) is 12.3 Å². The molecule has 0 unspecified atom stereocenters. The molecule has 0 atom stereocenters. The lowest BCUT2D eigenvalue weighted by Gasteiger charge is -2.20. The molecule has 0 aliphatic carbocycles. The molecule has 0 amide bonds. The molecule has 102 valence electrons. The van der Waals surface area contributed by atoms with Crippen molar-refractivity contribution in [2.45, 2.75) is 0 Å². The summed E-state index contributed by atoms with van der Waals surface area (Å²) in [6, 6.07) is 16.1. The first-order valence-electron chi connectivity index (χ1n) is 6.68. The number of terminal acetylenes is 1. The van der Waals surface area contributed by atoms with Crippen molar-refractivity contribution in [2.75, 3.05) is 18.5 Å². The second kappa shape index (κ2) is 5.51. The lowest BCUT2D eigenvalue weighted by molar-refractivity contribution is 1.22. The standard InChI is InChI=1S/C18H14N2S/c1-3-13-9-10-16-15(11-13)18(14-7-5-4-6-8-14)19-12-17(21)20(16)2/h1,4-11H,12H2,2H3. The van der Waals surface area contributed by atoms with Crippen LogP contribution in [0.3, 0.4) is 0 Å². The Bertz CT molecular complexity index is 770. The van der Waals surface area contributed by atoms with E-state index in [-0.39, 0.29) is 0 Å². The van der Waals surface area contributed by atoms with Crippen LogP contribution in [0.25, 0.3) is 0 Å². The largest absolute Gasteiger partial charge is 0.337 e. The van der Waals surface area contributed by atoms with E-state index in [0.29, 0.717) is 6.54 Å². The Morgan fingerprint density at radius 2 is 1.95 bits per heavy atom. The Balaban J connectivity index is 2.25. The van der Waals surface area contributed by atoms with E-state index in [1.165, 1.54) is 0 Å². The van der Waals surface area contributed by atoms with Gasteiger partial charge in [0, 0.05) is 23.7 Å². The highest BCUT2D eigenvalue weighted by Crippen LogP contribution is 2.27. The monoisotopic (exact) mass is 290 g/mol. The molecule has 0 N–H and O–H groups in total. The highest BCUT2D eigenvalue weighted by molar-refractivity contribution is 7.80. The van der Waals surface area contributed by atoms with Crippen molar-refractivity contribution in [2.24, 2.45) is 4.99 Å². The van der Waals surface area contributed by atoms with Crippen molar-refractivity contribution < 1.29 is 0 Å². The number of hydrogen-bond donors (Lipinski definition) is 0. The van der Waals surface area contributed by atoms with Gasteiger partial charge in [-0.3, -0.25) is 4.99 Å². The third kappa shape index (κ3) is 2.46. The first-order valence-corrected chi connectivity index (χ1v) is 7.09. The molecule has 2 nitrogen and oxygen atoms in total. The smallest absolute Gasteiger partial charge is 0.104 e. The van der Waals surface area contributed by atoms with E-state index in [2.05, 4.69) is 18.1 Å². The fourth-order valence-electron chi connectivity index (χ4n) is 2.42. The van der Waals surface area contributed by atoms with Gasteiger partial charge in [-0.2, -0.15) is 0 Å². The molecule has 1 heterocycles. The summed E-state index contributed by atoms with van der Waals surface area (Å²) in [5, 5.41) is 0. The van der Waals surface area contributed by atoms with Gasteiger partial charge < -0.3 is 4.90 Å². The van der Waals surface area contributed by atoms with Crippen LogP contribution >= 0.6 is 12.2 Å². The van der Waals surface area contributed by atoms with E-state index < -0.39 is 0 Å². The summed E-state index contributed by atoms with van der Waals surface area (Å²) in [5.41, 5.74) is 4.93. The molecule has 3 heteroatoms. The van der Waals surface area contributed by atoms with E-state index in [9.17, 15) is 0 Å². The van der Waals surface area contributed by atoms with Crippen LogP contribution in [0, 0.1) is 12.3 Å². The van der Waals surface area contributed by atoms with Gasteiger partial charge in [0.15, 0.2) is 0 Å². The number of benzodiazepines with no additional fused rings is 1. The molecule has 1 aliphatic heterocycles. The molecular formula is C18H14N2S. The number of fused-ring (bicyclic) bond motifs is 1. The van der Waals surface area contributed by atoms with Crippen molar-refractivity contribution in [1.29, 1.82) is 0 Å². The topological polar surface area (TPSA) is 15.6 Å². The molecule has 2 aromatic rings. The SMILES string of the molecule is C#Cc1ccc2c(c1)C(c1ccccc1)=NCC(=S)N2C. The minimum atomic E-state index is 0.510. The van der Waals surface area contributed by atoms with Crippen LogP contribution in [0.4, 0.5) is 5.69 Å². The third-order valence-corrected chi connectivity index (χ3v) is 3.98. The average molecular weight is 290 g/mol. The average Bonchev–Trinajstić information content (AvgIpc) is 2.66. The molecule has 2 aromatic carbocycles. The predicted octanol–water partition coefficient (Wildman–Crippen LogP) is 3.28. The van der Waals surface area contributed by atoms with Crippen molar-refractivity contribution in [3.63, 3.8) is 0 Å². The molecule has 0 saturated heterocycles. The number of nitrogens with zero attached hydrogens (tertiary/aromatic N) is 2. The van der Waals surface area contributed by atoms with E-state index >= 15 is 0 Å². The number of aliphatic imine (C=N–C) groups is 1. The number of benzene rings is 2. The summed E-state index contributed by atoms with van der Waals surface area (Å²) in [7, 11) is 1.97. The van der Waals surface area contributed by atoms with Crippen LogP contribution in [0.2, 0.25) is 0 Å². The van der Waals surface area contributed by atoms with E-state index in [1.54, 1.807) is 0 Å². The fraction of sp³-hybridized carbons (Fsp3) is 0.111. The van der Waals surface area contributed by atoms with Crippen LogP contribution in [-0.2, 0) is 0 Å². The summed E-state index contributed by atoms with van der Waals surface area (Å²) >= 11 is 5.43. The van der Waals surface area contributed by atoms with E-state index in [1.807, 2.05) is 48.3 Å².